The van der Waals surface area contributed by atoms with Gasteiger partial charge in [0.25, 0.3) is 0 Å². The first kappa shape index (κ1) is 15.2. The third-order valence-corrected chi connectivity index (χ3v) is 5.60. The van der Waals surface area contributed by atoms with Crippen LogP contribution < -0.4 is 0 Å². The lowest BCUT2D eigenvalue weighted by molar-refractivity contribution is 0.00392. The molecule has 0 N–H and O–H groups in total. The third kappa shape index (κ3) is 2.79. The van der Waals surface area contributed by atoms with Crippen LogP contribution >= 0.6 is 0 Å². The summed E-state index contributed by atoms with van der Waals surface area (Å²) in [7, 11) is 0. The molecule has 2 atom stereocenters. The SMILES string of the molecule is Cc1ccc(F)c2ccn([C@@H]3CCC[C@H](N4CCOCC4)C3)c12. The molecule has 0 radical (unpaired) electrons. The van der Waals surface area contributed by atoms with Crippen molar-refractivity contribution in [3.8, 4) is 0 Å². The number of morpholine rings is 1. The van der Waals surface area contributed by atoms with Crippen molar-refractivity contribution in [1.29, 1.82) is 0 Å². The summed E-state index contributed by atoms with van der Waals surface area (Å²) in [5.41, 5.74) is 2.25. The number of halogens is 1. The molecule has 124 valence electrons. The summed E-state index contributed by atoms with van der Waals surface area (Å²) < 4.78 is 21.9. The molecule has 4 heteroatoms. The summed E-state index contributed by atoms with van der Waals surface area (Å²) in [6, 6.07) is 6.55. The molecule has 2 aliphatic rings. The number of rotatable bonds is 2. The number of aromatic nitrogens is 1. The maximum atomic E-state index is 14.1. The van der Waals surface area contributed by atoms with Crippen LogP contribution in [0.1, 0.15) is 37.3 Å². The molecule has 3 nitrogen and oxygen atoms in total. The molecule has 0 amide bonds. The molecule has 1 aliphatic carbocycles. The van der Waals surface area contributed by atoms with Gasteiger partial charge in [-0.2, -0.15) is 0 Å². The van der Waals surface area contributed by atoms with E-state index in [1.165, 1.54) is 31.2 Å². The number of hydrogen-bond donors (Lipinski definition) is 0. The van der Waals surface area contributed by atoms with E-state index in [1.807, 2.05) is 12.1 Å². The van der Waals surface area contributed by atoms with Crippen LogP contribution in [0.25, 0.3) is 10.9 Å². The molecule has 2 heterocycles. The largest absolute Gasteiger partial charge is 0.379 e. The maximum absolute atomic E-state index is 14.1. The number of benzene rings is 1. The molecule has 2 fully saturated rings. The molecule has 0 unspecified atom stereocenters. The minimum atomic E-state index is -0.107. The van der Waals surface area contributed by atoms with Crippen LogP contribution in [0.5, 0.6) is 0 Å². The molecule has 4 rings (SSSR count). The topological polar surface area (TPSA) is 17.4 Å². The highest BCUT2D eigenvalue weighted by Gasteiger charge is 2.29. The predicted octanol–water partition coefficient (Wildman–Crippen LogP) is 3.90. The number of ether oxygens (including phenoxy) is 1. The predicted molar refractivity (Wildman–Crippen MR) is 90.3 cm³/mol. The van der Waals surface area contributed by atoms with Crippen molar-refractivity contribution >= 4 is 10.9 Å². The van der Waals surface area contributed by atoms with Gasteiger partial charge in [-0.3, -0.25) is 4.90 Å². The van der Waals surface area contributed by atoms with Crippen molar-refractivity contribution in [3.05, 3.63) is 35.8 Å². The van der Waals surface area contributed by atoms with E-state index in [4.69, 9.17) is 4.74 Å². The first-order valence-corrected chi connectivity index (χ1v) is 8.81. The van der Waals surface area contributed by atoms with E-state index in [9.17, 15) is 4.39 Å². The van der Waals surface area contributed by atoms with Crippen LogP contribution in [0.3, 0.4) is 0 Å². The highest BCUT2D eigenvalue weighted by Crippen LogP contribution is 2.35. The summed E-state index contributed by atoms with van der Waals surface area (Å²) >= 11 is 0. The van der Waals surface area contributed by atoms with Crippen molar-refractivity contribution in [2.45, 2.75) is 44.7 Å². The minimum Gasteiger partial charge on any atom is -0.379 e. The van der Waals surface area contributed by atoms with Gasteiger partial charge in [0, 0.05) is 36.8 Å². The zero-order valence-corrected chi connectivity index (χ0v) is 13.8. The van der Waals surface area contributed by atoms with Gasteiger partial charge in [0.2, 0.25) is 0 Å². The summed E-state index contributed by atoms with van der Waals surface area (Å²) in [5.74, 6) is -0.107. The minimum absolute atomic E-state index is 0.107. The lowest BCUT2D eigenvalue weighted by atomic mass is 9.89. The molecule has 1 saturated heterocycles. The maximum Gasteiger partial charge on any atom is 0.132 e. The monoisotopic (exact) mass is 316 g/mol. The normalized spacial score (nSPS) is 26.7. The van der Waals surface area contributed by atoms with Crippen molar-refractivity contribution in [2.24, 2.45) is 0 Å². The Kier molecular flexibility index (Phi) is 4.12. The summed E-state index contributed by atoms with van der Waals surface area (Å²) in [6.07, 6.45) is 6.98. The summed E-state index contributed by atoms with van der Waals surface area (Å²) in [5, 5.41) is 0.762. The van der Waals surface area contributed by atoms with Crippen molar-refractivity contribution < 1.29 is 9.13 Å². The fraction of sp³-hybridized carbons (Fsp3) is 0.579. The van der Waals surface area contributed by atoms with E-state index >= 15 is 0 Å². The standard InChI is InChI=1S/C19H25FN2O/c1-14-5-6-18(20)17-7-8-22(19(14)17)16-4-2-3-15(13-16)21-9-11-23-12-10-21/h5-8,15-16H,2-4,9-13H2,1H3/t15-,16+/m0/s1. The Bertz CT molecular complexity index is 690. The molecular weight excluding hydrogens is 291 g/mol. The average Bonchev–Trinajstić information content (AvgIpc) is 3.06. The number of nitrogens with zero attached hydrogens (tertiary/aromatic N) is 2. The number of hydrogen-bond acceptors (Lipinski definition) is 2. The second-order valence-electron chi connectivity index (χ2n) is 6.97. The fourth-order valence-electron chi connectivity index (χ4n) is 4.39. The molecular formula is C19H25FN2O. The molecule has 0 bridgehead atoms. The van der Waals surface area contributed by atoms with Gasteiger partial charge in [-0.15, -0.1) is 0 Å². The van der Waals surface area contributed by atoms with E-state index in [0.29, 0.717) is 12.1 Å². The lowest BCUT2D eigenvalue weighted by Gasteiger charge is -2.40. The van der Waals surface area contributed by atoms with Crippen LogP contribution in [0, 0.1) is 12.7 Å². The smallest absolute Gasteiger partial charge is 0.132 e. The zero-order chi connectivity index (χ0) is 15.8. The van der Waals surface area contributed by atoms with Crippen molar-refractivity contribution in [3.63, 3.8) is 0 Å². The van der Waals surface area contributed by atoms with Crippen LogP contribution in [0.2, 0.25) is 0 Å². The first-order chi connectivity index (χ1) is 11.2. The lowest BCUT2D eigenvalue weighted by Crippen LogP contribution is -2.45. The van der Waals surface area contributed by atoms with Crippen LogP contribution in [-0.2, 0) is 4.74 Å². The average molecular weight is 316 g/mol. The highest BCUT2D eigenvalue weighted by atomic mass is 19.1. The Morgan fingerprint density at radius 2 is 1.87 bits per heavy atom. The van der Waals surface area contributed by atoms with Gasteiger partial charge in [-0.05, 0) is 50.3 Å². The summed E-state index contributed by atoms with van der Waals surface area (Å²) in [6.45, 7) is 5.91. The van der Waals surface area contributed by atoms with Crippen LogP contribution in [-0.4, -0.2) is 41.8 Å². The molecule has 1 saturated carbocycles. The number of aryl methyl sites for hydroxylation is 1. The van der Waals surface area contributed by atoms with Gasteiger partial charge in [-0.25, -0.2) is 4.39 Å². The van der Waals surface area contributed by atoms with Crippen LogP contribution in [0.15, 0.2) is 24.4 Å². The third-order valence-electron chi connectivity index (χ3n) is 5.60. The van der Waals surface area contributed by atoms with E-state index in [0.717, 1.165) is 37.2 Å². The molecule has 0 spiro atoms. The first-order valence-electron chi connectivity index (χ1n) is 8.81. The second kappa shape index (κ2) is 6.25. The van der Waals surface area contributed by atoms with E-state index < -0.39 is 0 Å². The molecule has 1 aromatic carbocycles. The van der Waals surface area contributed by atoms with Gasteiger partial charge in [0.05, 0.1) is 18.7 Å². The number of fused-ring (bicyclic) bond motifs is 1. The van der Waals surface area contributed by atoms with Gasteiger partial charge < -0.3 is 9.30 Å². The van der Waals surface area contributed by atoms with E-state index in [1.54, 1.807) is 6.07 Å². The molecule has 1 aliphatic heterocycles. The van der Waals surface area contributed by atoms with E-state index in [-0.39, 0.29) is 5.82 Å². The van der Waals surface area contributed by atoms with Crippen molar-refractivity contribution in [1.82, 2.24) is 9.47 Å². The Hall–Kier alpha value is -1.39. The Labute approximate surface area is 137 Å². The Morgan fingerprint density at radius 1 is 1.09 bits per heavy atom. The fourth-order valence-corrected chi connectivity index (χ4v) is 4.39. The molecule has 2 aromatic rings. The summed E-state index contributed by atoms with van der Waals surface area (Å²) in [4.78, 5) is 2.59. The Morgan fingerprint density at radius 3 is 2.70 bits per heavy atom. The molecule has 1 aromatic heterocycles. The molecule has 23 heavy (non-hydrogen) atoms. The van der Waals surface area contributed by atoms with E-state index in [2.05, 4.69) is 22.6 Å². The van der Waals surface area contributed by atoms with Gasteiger partial charge >= 0.3 is 0 Å². The highest BCUT2D eigenvalue weighted by molar-refractivity contribution is 5.84. The zero-order valence-electron chi connectivity index (χ0n) is 13.8. The van der Waals surface area contributed by atoms with Gasteiger partial charge in [0.1, 0.15) is 5.82 Å². The van der Waals surface area contributed by atoms with Gasteiger partial charge in [0.15, 0.2) is 0 Å². The van der Waals surface area contributed by atoms with Crippen LogP contribution in [0.4, 0.5) is 4.39 Å². The second-order valence-corrected chi connectivity index (χ2v) is 6.97. The van der Waals surface area contributed by atoms with Crippen molar-refractivity contribution in [2.75, 3.05) is 26.3 Å². The quantitative estimate of drug-likeness (QED) is 0.836. The Balaban J connectivity index is 1.61. The van der Waals surface area contributed by atoms with Gasteiger partial charge in [-0.1, -0.05) is 6.07 Å².